The number of nitrogens with zero attached hydrogens (tertiary/aromatic N) is 1. The molecule has 7 heteroatoms. The highest BCUT2D eigenvalue weighted by Gasteiger charge is 2.10. The van der Waals surface area contributed by atoms with Crippen LogP contribution in [0.1, 0.15) is 17.3 Å². The fourth-order valence-corrected chi connectivity index (χ4v) is 2.28. The highest BCUT2D eigenvalue weighted by Crippen LogP contribution is 2.29. The van der Waals surface area contributed by atoms with E-state index in [4.69, 9.17) is 10.5 Å². The van der Waals surface area contributed by atoms with Crippen molar-refractivity contribution >= 4 is 23.4 Å². The van der Waals surface area contributed by atoms with E-state index in [2.05, 4.69) is 9.97 Å². The van der Waals surface area contributed by atoms with Crippen LogP contribution in [0, 0.1) is 0 Å². The van der Waals surface area contributed by atoms with Crippen molar-refractivity contribution in [3.63, 3.8) is 0 Å². The molecule has 0 fully saturated rings. The standard InChI is InChI=1S/C13H13N3O3S/c1-2-19-12(18)8-3-4-10(9(14)7-8)20-13-15-6-5-11(17)16-13/h3-7H,2,14H2,1H3,(H,15,16,17). The SMILES string of the molecule is CCOC(=O)c1ccc(Sc2nccc(=O)[nH]2)c(N)c1. The van der Waals surface area contributed by atoms with Gasteiger partial charge in [-0.3, -0.25) is 4.79 Å². The summed E-state index contributed by atoms with van der Waals surface area (Å²) in [6, 6.07) is 6.19. The average molecular weight is 291 g/mol. The van der Waals surface area contributed by atoms with Gasteiger partial charge in [-0.05, 0) is 36.9 Å². The van der Waals surface area contributed by atoms with Gasteiger partial charge in [-0.25, -0.2) is 9.78 Å². The van der Waals surface area contributed by atoms with E-state index >= 15 is 0 Å². The van der Waals surface area contributed by atoms with E-state index < -0.39 is 5.97 Å². The summed E-state index contributed by atoms with van der Waals surface area (Å²) in [6.07, 6.45) is 1.42. The van der Waals surface area contributed by atoms with Gasteiger partial charge in [0.1, 0.15) is 0 Å². The number of ether oxygens (including phenoxy) is 1. The lowest BCUT2D eigenvalue weighted by Gasteiger charge is -2.07. The molecule has 0 saturated heterocycles. The summed E-state index contributed by atoms with van der Waals surface area (Å²) in [4.78, 5) is 30.1. The molecule has 2 rings (SSSR count). The summed E-state index contributed by atoms with van der Waals surface area (Å²) >= 11 is 1.22. The number of anilines is 1. The fraction of sp³-hybridized carbons (Fsp3) is 0.154. The Morgan fingerprint density at radius 1 is 1.45 bits per heavy atom. The van der Waals surface area contributed by atoms with Gasteiger partial charge in [0.25, 0.3) is 5.56 Å². The van der Waals surface area contributed by atoms with Crippen LogP contribution in [-0.4, -0.2) is 22.5 Å². The fourth-order valence-electron chi connectivity index (χ4n) is 1.49. The van der Waals surface area contributed by atoms with Crippen molar-refractivity contribution in [3.05, 3.63) is 46.4 Å². The number of esters is 1. The zero-order chi connectivity index (χ0) is 14.5. The van der Waals surface area contributed by atoms with Crippen LogP contribution in [0.15, 0.2) is 45.3 Å². The predicted octanol–water partition coefficient (Wildman–Crippen LogP) is 1.68. The molecule has 0 amide bonds. The lowest BCUT2D eigenvalue weighted by atomic mass is 10.2. The van der Waals surface area contributed by atoms with E-state index in [0.29, 0.717) is 27.9 Å². The Morgan fingerprint density at radius 2 is 2.25 bits per heavy atom. The van der Waals surface area contributed by atoms with Gasteiger partial charge in [-0.1, -0.05) is 0 Å². The Kier molecular flexibility index (Phi) is 4.41. The molecular weight excluding hydrogens is 278 g/mol. The van der Waals surface area contributed by atoms with Crippen LogP contribution >= 0.6 is 11.8 Å². The van der Waals surface area contributed by atoms with Crippen LogP contribution in [-0.2, 0) is 4.74 Å². The Hall–Kier alpha value is -2.28. The molecule has 0 saturated carbocycles. The molecule has 0 bridgehead atoms. The Morgan fingerprint density at radius 3 is 2.90 bits per heavy atom. The predicted molar refractivity (Wildman–Crippen MR) is 75.8 cm³/mol. The monoisotopic (exact) mass is 291 g/mol. The van der Waals surface area contributed by atoms with Gasteiger partial charge >= 0.3 is 5.97 Å². The first-order chi connectivity index (χ1) is 9.60. The van der Waals surface area contributed by atoms with Gasteiger partial charge in [0, 0.05) is 22.8 Å². The summed E-state index contributed by atoms with van der Waals surface area (Å²) in [6.45, 7) is 2.05. The van der Waals surface area contributed by atoms with Crippen molar-refractivity contribution in [1.82, 2.24) is 9.97 Å². The van der Waals surface area contributed by atoms with Crippen molar-refractivity contribution in [2.24, 2.45) is 0 Å². The van der Waals surface area contributed by atoms with Crippen LogP contribution in [0.5, 0.6) is 0 Å². The average Bonchev–Trinajstić information content (AvgIpc) is 2.41. The number of nitrogens with one attached hydrogen (secondary N) is 1. The van der Waals surface area contributed by atoms with Crippen molar-refractivity contribution in [2.75, 3.05) is 12.3 Å². The molecule has 3 N–H and O–H groups in total. The molecule has 0 atom stereocenters. The second-order valence-corrected chi connectivity index (χ2v) is 4.85. The molecule has 1 aromatic heterocycles. The molecule has 0 spiro atoms. The third-order valence-corrected chi connectivity index (χ3v) is 3.37. The first kappa shape index (κ1) is 14.1. The minimum Gasteiger partial charge on any atom is -0.462 e. The summed E-state index contributed by atoms with van der Waals surface area (Å²) in [5.41, 5.74) is 6.48. The quantitative estimate of drug-likeness (QED) is 0.505. The summed E-state index contributed by atoms with van der Waals surface area (Å²) in [5, 5.41) is 0.438. The first-order valence-electron chi connectivity index (χ1n) is 5.90. The van der Waals surface area contributed by atoms with Gasteiger partial charge in [0.15, 0.2) is 5.16 Å². The molecule has 6 nitrogen and oxygen atoms in total. The molecule has 1 aromatic carbocycles. The van der Waals surface area contributed by atoms with Gasteiger partial charge in [0.2, 0.25) is 0 Å². The number of H-pyrrole nitrogens is 1. The van der Waals surface area contributed by atoms with Gasteiger partial charge < -0.3 is 15.5 Å². The molecule has 1 heterocycles. The van der Waals surface area contributed by atoms with Gasteiger partial charge in [-0.15, -0.1) is 0 Å². The third-order valence-electron chi connectivity index (χ3n) is 2.38. The van der Waals surface area contributed by atoms with Crippen LogP contribution < -0.4 is 11.3 Å². The van der Waals surface area contributed by atoms with E-state index in [-0.39, 0.29) is 5.56 Å². The minimum atomic E-state index is -0.415. The smallest absolute Gasteiger partial charge is 0.338 e. The zero-order valence-electron chi connectivity index (χ0n) is 10.8. The second-order valence-electron chi connectivity index (χ2n) is 3.81. The van der Waals surface area contributed by atoms with E-state index in [1.165, 1.54) is 24.0 Å². The molecule has 0 unspecified atom stereocenters. The number of benzene rings is 1. The lowest BCUT2D eigenvalue weighted by molar-refractivity contribution is 0.0526. The van der Waals surface area contributed by atoms with E-state index in [9.17, 15) is 9.59 Å². The van der Waals surface area contributed by atoms with Crippen LogP contribution in [0.25, 0.3) is 0 Å². The highest BCUT2D eigenvalue weighted by molar-refractivity contribution is 7.99. The molecule has 0 aliphatic rings. The van der Waals surface area contributed by atoms with Crippen molar-refractivity contribution in [3.8, 4) is 0 Å². The molecule has 2 aromatic rings. The normalized spacial score (nSPS) is 10.2. The molecular formula is C13H13N3O3S. The second kappa shape index (κ2) is 6.25. The maximum atomic E-state index is 11.6. The Bertz CT molecular complexity index is 685. The van der Waals surface area contributed by atoms with Gasteiger partial charge in [-0.2, -0.15) is 0 Å². The first-order valence-corrected chi connectivity index (χ1v) is 6.71. The minimum absolute atomic E-state index is 0.232. The summed E-state index contributed by atoms with van der Waals surface area (Å²) in [7, 11) is 0. The highest BCUT2D eigenvalue weighted by atomic mass is 32.2. The number of hydrogen-bond donors (Lipinski definition) is 2. The number of hydrogen-bond acceptors (Lipinski definition) is 6. The number of nitrogens with two attached hydrogens (primary N) is 1. The number of nitrogen functional groups attached to an aromatic ring is 1. The van der Waals surface area contributed by atoms with E-state index in [0.717, 1.165) is 0 Å². The Labute approximate surface area is 119 Å². The maximum absolute atomic E-state index is 11.6. The number of carbonyl (C=O) groups excluding carboxylic acids is 1. The molecule has 0 radical (unpaired) electrons. The number of aromatic nitrogens is 2. The van der Waals surface area contributed by atoms with E-state index in [1.54, 1.807) is 25.1 Å². The number of aromatic amines is 1. The lowest BCUT2D eigenvalue weighted by Crippen LogP contribution is -2.06. The van der Waals surface area contributed by atoms with Crippen LogP contribution in [0.3, 0.4) is 0 Å². The summed E-state index contributed by atoms with van der Waals surface area (Å²) in [5.74, 6) is -0.415. The third kappa shape index (κ3) is 3.39. The van der Waals surface area contributed by atoms with Crippen molar-refractivity contribution in [1.29, 1.82) is 0 Å². The molecule has 0 aliphatic carbocycles. The largest absolute Gasteiger partial charge is 0.462 e. The van der Waals surface area contributed by atoms with Crippen LogP contribution in [0.4, 0.5) is 5.69 Å². The number of rotatable bonds is 4. The van der Waals surface area contributed by atoms with E-state index in [1.807, 2.05) is 0 Å². The molecule has 0 aliphatic heterocycles. The van der Waals surface area contributed by atoms with Crippen molar-refractivity contribution < 1.29 is 9.53 Å². The van der Waals surface area contributed by atoms with Gasteiger partial charge in [0.05, 0.1) is 12.2 Å². The summed E-state index contributed by atoms with van der Waals surface area (Å²) < 4.78 is 4.90. The maximum Gasteiger partial charge on any atom is 0.338 e. The van der Waals surface area contributed by atoms with Crippen LogP contribution in [0.2, 0.25) is 0 Å². The molecule has 104 valence electrons. The topological polar surface area (TPSA) is 98.1 Å². The molecule has 20 heavy (non-hydrogen) atoms. The van der Waals surface area contributed by atoms with Crippen molar-refractivity contribution in [2.45, 2.75) is 17.0 Å². The Balaban J connectivity index is 2.22. The number of carbonyl (C=O) groups is 1. The zero-order valence-corrected chi connectivity index (χ0v) is 11.6.